The normalized spacial score (nSPS) is 33.1. The van der Waals surface area contributed by atoms with Crippen molar-refractivity contribution in [3.8, 4) is 0 Å². The van der Waals surface area contributed by atoms with Crippen molar-refractivity contribution in [1.29, 1.82) is 0 Å². The van der Waals surface area contributed by atoms with E-state index in [0.29, 0.717) is 0 Å². The van der Waals surface area contributed by atoms with Crippen molar-refractivity contribution in [3.63, 3.8) is 0 Å². The van der Waals surface area contributed by atoms with E-state index in [1.807, 2.05) is 20.8 Å². The number of hydrogen-bond donors (Lipinski definition) is 2. The number of H-pyrrole nitrogens is 1. The topological polar surface area (TPSA) is 74.8 Å². The molecule has 4 bridgehead atoms. The molecule has 27 heavy (non-hydrogen) atoms. The van der Waals surface area contributed by atoms with E-state index in [1.54, 1.807) is 6.07 Å². The third-order valence-electron chi connectivity index (χ3n) is 7.32. The van der Waals surface area contributed by atoms with Gasteiger partial charge in [-0.25, -0.2) is 4.79 Å². The number of carbonyl (C=O) groups is 1. The molecule has 1 heterocycles. The lowest BCUT2D eigenvalue weighted by Gasteiger charge is -2.59. The number of hydrogen-bond acceptors (Lipinski definition) is 3. The molecule has 0 aliphatic heterocycles. The van der Waals surface area contributed by atoms with Crippen LogP contribution in [0.4, 0.5) is 0 Å². The van der Waals surface area contributed by atoms with Crippen molar-refractivity contribution in [3.05, 3.63) is 27.9 Å². The van der Waals surface area contributed by atoms with E-state index in [0.717, 1.165) is 29.9 Å². The highest BCUT2D eigenvalue weighted by Crippen LogP contribution is 2.61. The highest BCUT2D eigenvalue weighted by molar-refractivity contribution is 5.92. The summed E-state index contributed by atoms with van der Waals surface area (Å²) < 4.78 is 0. The van der Waals surface area contributed by atoms with Crippen molar-refractivity contribution in [2.75, 3.05) is 0 Å². The van der Waals surface area contributed by atoms with Crippen LogP contribution in [0.2, 0.25) is 0 Å². The number of nitrogens with one attached hydrogen (secondary N) is 2. The van der Waals surface area contributed by atoms with E-state index in [-0.39, 0.29) is 28.5 Å². The molecular formula is C22H33N3O2. The molecule has 0 aromatic carbocycles. The summed E-state index contributed by atoms with van der Waals surface area (Å²) in [5.74, 6) is 2.36. The van der Waals surface area contributed by atoms with Gasteiger partial charge in [0.05, 0.1) is 0 Å². The van der Waals surface area contributed by atoms with E-state index in [1.165, 1.54) is 38.5 Å². The third-order valence-corrected chi connectivity index (χ3v) is 7.32. The number of aromatic nitrogens is 2. The molecule has 4 aliphatic carbocycles. The summed E-state index contributed by atoms with van der Waals surface area (Å²) in [5.41, 5.74) is 0.562. The molecule has 1 amide bonds. The zero-order valence-electron chi connectivity index (χ0n) is 17.1. The molecule has 1 aromatic rings. The fourth-order valence-corrected chi connectivity index (χ4v) is 6.50. The molecule has 1 aromatic heterocycles. The van der Waals surface area contributed by atoms with Crippen LogP contribution in [-0.2, 0) is 5.41 Å². The lowest BCUT2D eigenvalue weighted by atomic mass is 9.47. The Hall–Kier alpha value is -1.65. The second kappa shape index (κ2) is 6.46. The van der Waals surface area contributed by atoms with Crippen LogP contribution < -0.4 is 11.0 Å². The summed E-state index contributed by atoms with van der Waals surface area (Å²) >= 11 is 0. The quantitative estimate of drug-likeness (QED) is 0.845. The van der Waals surface area contributed by atoms with Crippen LogP contribution in [-0.4, -0.2) is 21.9 Å². The minimum Gasteiger partial charge on any atom is -0.347 e. The first kappa shape index (κ1) is 18.7. The van der Waals surface area contributed by atoms with Crippen LogP contribution in [0, 0.1) is 23.2 Å². The molecule has 148 valence electrons. The Kier molecular flexibility index (Phi) is 4.47. The van der Waals surface area contributed by atoms with Crippen LogP contribution in [0.3, 0.4) is 0 Å². The number of aromatic amines is 1. The average molecular weight is 372 g/mol. The maximum Gasteiger partial charge on any atom is 0.345 e. The molecule has 1 unspecified atom stereocenters. The Morgan fingerprint density at radius 1 is 1.22 bits per heavy atom. The van der Waals surface area contributed by atoms with Crippen molar-refractivity contribution in [1.82, 2.24) is 15.3 Å². The second-order valence-corrected chi connectivity index (χ2v) is 10.4. The van der Waals surface area contributed by atoms with Crippen LogP contribution in [0.25, 0.3) is 0 Å². The molecular weight excluding hydrogens is 338 g/mol. The van der Waals surface area contributed by atoms with Crippen LogP contribution in [0.5, 0.6) is 0 Å². The van der Waals surface area contributed by atoms with E-state index in [4.69, 9.17) is 0 Å². The van der Waals surface area contributed by atoms with Gasteiger partial charge in [-0.1, -0.05) is 27.7 Å². The third kappa shape index (κ3) is 3.45. The minimum absolute atomic E-state index is 0.178. The first-order valence-corrected chi connectivity index (χ1v) is 10.6. The van der Waals surface area contributed by atoms with Crippen molar-refractivity contribution >= 4 is 5.91 Å². The van der Waals surface area contributed by atoms with Gasteiger partial charge >= 0.3 is 5.69 Å². The van der Waals surface area contributed by atoms with Crippen molar-refractivity contribution < 1.29 is 4.79 Å². The molecule has 0 spiro atoms. The summed E-state index contributed by atoms with van der Waals surface area (Å²) in [7, 11) is 0. The first-order chi connectivity index (χ1) is 12.7. The largest absolute Gasteiger partial charge is 0.347 e. The molecule has 5 heteroatoms. The predicted octanol–water partition coefficient (Wildman–Crippen LogP) is 3.79. The van der Waals surface area contributed by atoms with Crippen molar-refractivity contribution in [2.45, 2.75) is 84.1 Å². The summed E-state index contributed by atoms with van der Waals surface area (Å²) in [6.45, 7) is 8.23. The molecule has 4 fully saturated rings. The van der Waals surface area contributed by atoms with E-state index in [2.05, 4.69) is 22.2 Å². The highest BCUT2D eigenvalue weighted by atomic mass is 16.2. The first-order valence-electron chi connectivity index (χ1n) is 10.6. The van der Waals surface area contributed by atoms with Gasteiger partial charge in [0.25, 0.3) is 5.91 Å². The minimum atomic E-state index is -0.449. The van der Waals surface area contributed by atoms with Gasteiger partial charge in [-0.05, 0) is 74.2 Å². The SMILES string of the molecule is CCC(NC(=O)c1cc(C(C)(C)C)[nH]c(=O)n1)C12CC3CC(CC(C3)C1)C2. The predicted molar refractivity (Wildman–Crippen MR) is 106 cm³/mol. The molecule has 4 aliphatic rings. The van der Waals surface area contributed by atoms with Gasteiger partial charge in [-0.2, -0.15) is 4.98 Å². The summed E-state index contributed by atoms with van der Waals surface area (Å²) in [6, 6.07) is 1.92. The maximum absolute atomic E-state index is 13.0. The lowest BCUT2D eigenvalue weighted by molar-refractivity contribution is -0.0727. The summed E-state index contributed by atoms with van der Waals surface area (Å²) in [4.78, 5) is 31.7. The maximum atomic E-state index is 13.0. The molecule has 4 saturated carbocycles. The Bertz CT molecular complexity index is 754. The van der Waals surface area contributed by atoms with Gasteiger partial charge in [-0.3, -0.25) is 4.79 Å². The zero-order valence-corrected chi connectivity index (χ0v) is 17.1. The van der Waals surface area contributed by atoms with Gasteiger partial charge in [0.2, 0.25) is 0 Å². The summed E-state index contributed by atoms with van der Waals surface area (Å²) in [6.07, 6.45) is 8.90. The average Bonchev–Trinajstić information content (AvgIpc) is 2.56. The van der Waals surface area contributed by atoms with Gasteiger partial charge in [0.15, 0.2) is 0 Å². The fourth-order valence-electron chi connectivity index (χ4n) is 6.50. The number of rotatable bonds is 4. The van der Waals surface area contributed by atoms with Gasteiger partial charge in [0.1, 0.15) is 5.69 Å². The number of carbonyl (C=O) groups excluding carboxylic acids is 1. The Balaban J connectivity index is 1.57. The Morgan fingerprint density at radius 3 is 2.26 bits per heavy atom. The monoisotopic (exact) mass is 371 g/mol. The van der Waals surface area contributed by atoms with E-state index >= 15 is 0 Å². The zero-order chi connectivity index (χ0) is 19.4. The molecule has 5 rings (SSSR count). The van der Waals surface area contributed by atoms with Gasteiger partial charge < -0.3 is 10.3 Å². The number of nitrogens with zero attached hydrogens (tertiary/aromatic N) is 1. The smallest absolute Gasteiger partial charge is 0.345 e. The molecule has 1 atom stereocenters. The molecule has 0 radical (unpaired) electrons. The van der Waals surface area contributed by atoms with Gasteiger partial charge in [-0.15, -0.1) is 0 Å². The Morgan fingerprint density at radius 2 is 1.78 bits per heavy atom. The summed E-state index contributed by atoms with van der Waals surface area (Å²) in [5, 5.41) is 3.29. The van der Waals surface area contributed by atoms with Gasteiger partial charge in [0, 0.05) is 17.2 Å². The number of amides is 1. The van der Waals surface area contributed by atoms with Crippen LogP contribution >= 0.6 is 0 Å². The molecule has 2 N–H and O–H groups in total. The molecule has 5 nitrogen and oxygen atoms in total. The van der Waals surface area contributed by atoms with E-state index < -0.39 is 5.69 Å². The molecule has 0 saturated heterocycles. The highest BCUT2D eigenvalue weighted by Gasteiger charge is 2.54. The van der Waals surface area contributed by atoms with Crippen LogP contribution in [0.15, 0.2) is 10.9 Å². The Labute approximate surface area is 161 Å². The van der Waals surface area contributed by atoms with Crippen LogP contribution in [0.1, 0.15) is 88.8 Å². The van der Waals surface area contributed by atoms with E-state index in [9.17, 15) is 9.59 Å². The fraction of sp³-hybridized carbons (Fsp3) is 0.773. The lowest BCUT2D eigenvalue weighted by Crippen LogP contribution is -2.56. The van der Waals surface area contributed by atoms with Crippen molar-refractivity contribution in [2.24, 2.45) is 23.2 Å². The second-order valence-electron chi connectivity index (χ2n) is 10.4. The standard InChI is InChI=1S/C22H33N3O2/c1-5-17(22-10-13-6-14(11-22)8-15(7-13)12-22)24-19(26)16-9-18(21(2,3)4)25-20(27)23-16/h9,13-15,17H,5-8,10-12H2,1-4H3,(H,24,26)(H,23,25,27).